The Balaban J connectivity index is 1.89. The molecule has 0 bridgehead atoms. The molecule has 1 fully saturated rings. The van der Waals surface area contributed by atoms with Crippen LogP contribution >= 0.6 is 0 Å². The van der Waals surface area contributed by atoms with Crippen molar-refractivity contribution in [1.82, 2.24) is 14.8 Å². The van der Waals surface area contributed by atoms with Gasteiger partial charge in [-0.15, -0.1) is 0 Å². The first-order valence-electron chi connectivity index (χ1n) is 11.3. The van der Waals surface area contributed by atoms with Crippen molar-refractivity contribution in [3.05, 3.63) is 71.0 Å². The number of hydrogen-bond donors (Lipinski definition) is 2. The summed E-state index contributed by atoms with van der Waals surface area (Å²) in [5, 5.41) is 24.0. The second kappa shape index (κ2) is 8.96. The molecule has 34 heavy (non-hydrogen) atoms. The van der Waals surface area contributed by atoms with Crippen LogP contribution in [0.1, 0.15) is 34.8 Å². The second-order valence-corrected chi connectivity index (χ2v) is 8.84. The molecule has 1 aliphatic heterocycles. The molecular weight excluding hydrogens is 437 g/mol. The Labute approximate surface area is 197 Å². The normalized spacial score (nSPS) is 17.4. The minimum absolute atomic E-state index is 0.0342. The zero-order chi connectivity index (χ0) is 24.0. The van der Waals surface area contributed by atoms with Gasteiger partial charge in [-0.2, -0.15) is 0 Å². The van der Waals surface area contributed by atoms with Crippen molar-refractivity contribution in [1.29, 1.82) is 0 Å². The molecule has 1 aliphatic rings. The average molecular weight is 466 g/mol. The number of ether oxygens (including phenoxy) is 1. The minimum atomic E-state index is -1.25. The Morgan fingerprint density at radius 1 is 1.06 bits per heavy atom. The number of aliphatic hydroxyl groups excluding tert-OH is 1. The van der Waals surface area contributed by atoms with E-state index in [9.17, 15) is 14.6 Å². The number of benzene rings is 2. The topological polar surface area (TPSA) is 82.2 Å². The van der Waals surface area contributed by atoms with Gasteiger partial charge in [0.1, 0.15) is 22.9 Å². The predicted molar refractivity (Wildman–Crippen MR) is 127 cm³/mol. The van der Waals surface area contributed by atoms with Gasteiger partial charge in [-0.25, -0.2) is 4.39 Å². The number of nitrogens with zero attached hydrogens (tertiary/aromatic N) is 3. The third-order valence-electron chi connectivity index (χ3n) is 6.81. The Morgan fingerprint density at radius 2 is 1.76 bits per heavy atom. The third kappa shape index (κ3) is 3.73. The monoisotopic (exact) mass is 465 g/mol. The van der Waals surface area contributed by atoms with Crippen LogP contribution in [-0.4, -0.2) is 65.3 Å². The molecule has 2 N–H and O–H groups in total. The van der Waals surface area contributed by atoms with Crippen LogP contribution in [0.25, 0.3) is 21.7 Å². The van der Waals surface area contributed by atoms with Crippen molar-refractivity contribution in [2.24, 2.45) is 0 Å². The summed E-state index contributed by atoms with van der Waals surface area (Å²) in [7, 11) is 3.50. The van der Waals surface area contributed by atoms with Gasteiger partial charge in [0.25, 0.3) is 0 Å². The largest absolute Gasteiger partial charge is 0.507 e. The van der Waals surface area contributed by atoms with Crippen molar-refractivity contribution in [2.75, 3.05) is 40.3 Å². The van der Waals surface area contributed by atoms with Gasteiger partial charge < -0.3 is 24.3 Å². The van der Waals surface area contributed by atoms with Gasteiger partial charge in [0.05, 0.1) is 11.6 Å². The Morgan fingerprint density at radius 3 is 2.44 bits per heavy atom. The van der Waals surface area contributed by atoms with E-state index in [4.69, 9.17) is 9.15 Å². The fraction of sp³-hybridized carbons (Fsp3) is 0.346. The SMILES string of the molecule is COC(O)c1c(C)oc2c1c(C(c1ccncc1)N1CCN(C)CC1)c(O)c1cc(F)ccc12. The maximum absolute atomic E-state index is 14.3. The summed E-state index contributed by atoms with van der Waals surface area (Å²) in [6.45, 7) is 5.03. The number of fused-ring (bicyclic) bond motifs is 3. The number of rotatable bonds is 5. The van der Waals surface area contributed by atoms with Crippen LogP contribution in [0.15, 0.2) is 47.1 Å². The molecule has 2 unspecified atom stereocenters. The summed E-state index contributed by atoms with van der Waals surface area (Å²) in [6.07, 6.45) is 2.19. The standard InChI is InChI=1S/C26H28FN3O4/c1-15-20(26(32)33-3)21-22(24(31)19-14-17(27)4-5-18(19)25(21)34-15)23(16-6-8-28-9-7-16)30-12-10-29(2)11-13-30/h4-9,14,23,26,31-32H,10-13H2,1-3H3. The van der Waals surface area contributed by atoms with Gasteiger partial charge >= 0.3 is 0 Å². The number of halogens is 1. The zero-order valence-electron chi connectivity index (χ0n) is 19.5. The van der Waals surface area contributed by atoms with E-state index in [1.807, 2.05) is 12.1 Å². The van der Waals surface area contributed by atoms with E-state index in [2.05, 4.69) is 21.8 Å². The smallest absolute Gasteiger partial charge is 0.184 e. The molecule has 2 aromatic heterocycles. The number of furan rings is 1. The second-order valence-electron chi connectivity index (χ2n) is 8.84. The number of pyridine rings is 1. The number of aryl methyl sites for hydroxylation is 1. The molecule has 0 saturated carbocycles. The first kappa shape index (κ1) is 22.7. The van der Waals surface area contributed by atoms with Crippen LogP contribution < -0.4 is 0 Å². The molecular formula is C26H28FN3O4. The van der Waals surface area contributed by atoms with E-state index in [1.165, 1.54) is 19.2 Å². The van der Waals surface area contributed by atoms with E-state index in [1.54, 1.807) is 25.4 Å². The fourth-order valence-electron chi connectivity index (χ4n) is 5.06. The molecule has 2 atom stereocenters. The van der Waals surface area contributed by atoms with Gasteiger partial charge in [0.2, 0.25) is 0 Å². The van der Waals surface area contributed by atoms with E-state index in [0.29, 0.717) is 38.6 Å². The Hall–Kier alpha value is -3.04. The van der Waals surface area contributed by atoms with Gasteiger partial charge in [0, 0.05) is 67.4 Å². The highest BCUT2D eigenvalue weighted by atomic mass is 19.1. The van der Waals surface area contributed by atoms with E-state index in [0.717, 1.165) is 31.7 Å². The molecule has 7 nitrogen and oxygen atoms in total. The fourth-order valence-corrected chi connectivity index (χ4v) is 5.06. The molecule has 5 rings (SSSR count). The van der Waals surface area contributed by atoms with Crippen molar-refractivity contribution in [3.63, 3.8) is 0 Å². The van der Waals surface area contributed by atoms with Gasteiger partial charge in [0.15, 0.2) is 6.29 Å². The van der Waals surface area contributed by atoms with Crippen LogP contribution in [0, 0.1) is 12.7 Å². The highest BCUT2D eigenvalue weighted by Gasteiger charge is 2.34. The number of hydrogen-bond acceptors (Lipinski definition) is 7. The predicted octanol–water partition coefficient (Wildman–Crippen LogP) is 4.11. The van der Waals surface area contributed by atoms with Crippen LogP contribution in [0.2, 0.25) is 0 Å². The Bertz CT molecular complexity index is 1330. The molecule has 2 aromatic carbocycles. The zero-order valence-corrected chi connectivity index (χ0v) is 19.5. The molecule has 0 spiro atoms. The van der Waals surface area contributed by atoms with Crippen molar-refractivity contribution < 1.29 is 23.8 Å². The first-order chi connectivity index (χ1) is 16.4. The molecule has 0 aliphatic carbocycles. The van der Waals surface area contributed by atoms with Crippen LogP contribution in [0.5, 0.6) is 5.75 Å². The van der Waals surface area contributed by atoms with Crippen molar-refractivity contribution in [3.8, 4) is 5.75 Å². The molecule has 0 radical (unpaired) electrons. The number of piperazine rings is 1. The third-order valence-corrected chi connectivity index (χ3v) is 6.81. The van der Waals surface area contributed by atoms with Gasteiger partial charge in [-0.1, -0.05) is 0 Å². The van der Waals surface area contributed by atoms with Crippen molar-refractivity contribution in [2.45, 2.75) is 19.3 Å². The summed E-state index contributed by atoms with van der Waals surface area (Å²) >= 11 is 0. The molecule has 3 heterocycles. The molecule has 1 saturated heterocycles. The summed E-state index contributed by atoms with van der Waals surface area (Å²) in [5.74, 6) is -0.00430. The number of aromatic hydroxyl groups is 1. The summed E-state index contributed by atoms with van der Waals surface area (Å²) in [6, 6.07) is 7.73. The maximum Gasteiger partial charge on any atom is 0.184 e. The number of likely N-dealkylation sites (N-methyl/N-ethyl adjacent to an activating group) is 1. The van der Waals surface area contributed by atoms with Crippen LogP contribution in [0.3, 0.4) is 0 Å². The molecule has 0 amide bonds. The first-order valence-corrected chi connectivity index (χ1v) is 11.3. The maximum atomic E-state index is 14.3. The van der Waals surface area contributed by atoms with Gasteiger partial charge in [-0.05, 0) is 49.9 Å². The highest BCUT2D eigenvalue weighted by molar-refractivity contribution is 6.11. The molecule has 8 heteroatoms. The van der Waals surface area contributed by atoms with Crippen LogP contribution in [0.4, 0.5) is 4.39 Å². The average Bonchev–Trinajstić information content (AvgIpc) is 3.19. The number of phenols is 1. The number of aromatic nitrogens is 1. The quantitative estimate of drug-likeness (QED) is 0.429. The lowest BCUT2D eigenvalue weighted by Gasteiger charge is -2.39. The number of phenolic OH excluding ortho intramolecular Hbond substituents is 1. The van der Waals surface area contributed by atoms with Crippen LogP contribution in [-0.2, 0) is 4.74 Å². The lowest BCUT2D eigenvalue weighted by molar-refractivity contribution is -0.0768. The van der Waals surface area contributed by atoms with E-state index < -0.39 is 12.1 Å². The lowest BCUT2D eigenvalue weighted by Crippen LogP contribution is -2.46. The van der Waals surface area contributed by atoms with E-state index >= 15 is 0 Å². The molecule has 4 aromatic rings. The number of aliphatic hydroxyl groups is 1. The lowest BCUT2D eigenvalue weighted by atomic mass is 9.88. The Kier molecular flexibility index (Phi) is 5.99. The van der Waals surface area contributed by atoms with Gasteiger partial charge in [-0.3, -0.25) is 9.88 Å². The summed E-state index contributed by atoms with van der Waals surface area (Å²) in [4.78, 5) is 8.72. The summed E-state index contributed by atoms with van der Waals surface area (Å²) in [5.41, 5.74) is 2.44. The minimum Gasteiger partial charge on any atom is -0.507 e. The van der Waals surface area contributed by atoms with E-state index in [-0.39, 0.29) is 11.8 Å². The van der Waals surface area contributed by atoms with Crippen molar-refractivity contribution >= 4 is 21.7 Å². The molecule has 178 valence electrons. The summed E-state index contributed by atoms with van der Waals surface area (Å²) < 4.78 is 25.7. The number of methoxy groups -OCH3 is 1. The highest BCUT2D eigenvalue weighted by Crippen LogP contribution is 2.48.